The first-order valence-electron chi connectivity index (χ1n) is 8.01. The van der Waals surface area contributed by atoms with Crippen LogP contribution in [0.3, 0.4) is 0 Å². The maximum Gasteiger partial charge on any atom is 0.416 e. The highest BCUT2D eigenvalue weighted by Crippen LogP contribution is 2.38. The van der Waals surface area contributed by atoms with Crippen LogP contribution in [0.2, 0.25) is 0 Å². The highest BCUT2D eigenvalue weighted by Gasteiger charge is 2.30. The molecule has 0 radical (unpaired) electrons. The maximum absolute atomic E-state index is 12.7. The van der Waals surface area contributed by atoms with Crippen LogP contribution < -0.4 is 0 Å². The molecule has 3 heteroatoms. The lowest BCUT2D eigenvalue weighted by molar-refractivity contribution is -0.137. The minimum atomic E-state index is -4.29. The van der Waals surface area contributed by atoms with Gasteiger partial charge in [-0.05, 0) is 66.7 Å². The van der Waals surface area contributed by atoms with Gasteiger partial charge in [0.05, 0.1) is 5.56 Å². The first-order chi connectivity index (χ1) is 11.4. The Balaban J connectivity index is 1.97. The Morgan fingerprint density at radius 3 is 1.96 bits per heavy atom. The highest BCUT2D eigenvalue weighted by atomic mass is 19.4. The molecule has 24 heavy (non-hydrogen) atoms. The van der Waals surface area contributed by atoms with Gasteiger partial charge >= 0.3 is 6.18 Å². The average molecular weight is 328 g/mol. The van der Waals surface area contributed by atoms with E-state index in [0.29, 0.717) is 0 Å². The Hall–Kier alpha value is -2.29. The van der Waals surface area contributed by atoms with Crippen LogP contribution in [0.1, 0.15) is 42.0 Å². The van der Waals surface area contributed by atoms with E-state index in [1.54, 1.807) is 12.1 Å². The molecule has 0 saturated heterocycles. The van der Waals surface area contributed by atoms with Crippen molar-refractivity contribution in [1.29, 1.82) is 0 Å². The van der Waals surface area contributed by atoms with Crippen molar-refractivity contribution in [3.8, 4) is 0 Å². The monoisotopic (exact) mass is 328 g/mol. The number of aryl methyl sites for hydroxylation is 1. The normalized spacial score (nSPS) is 15.5. The molecule has 1 aliphatic carbocycles. The number of hydrogen-bond donors (Lipinski definition) is 0. The van der Waals surface area contributed by atoms with Crippen molar-refractivity contribution in [2.75, 3.05) is 0 Å². The van der Waals surface area contributed by atoms with Crippen molar-refractivity contribution in [3.63, 3.8) is 0 Å². The standard InChI is InChI=1S/C21H19F3/c1-14-6-8-16(9-7-14)19-4-3-5-20(15(19)2)17-10-12-18(13-11-17)21(22,23)24/h4,6-13H,3,5H2,1-2H3. The van der Waals surface area contributed by atoms with E-state index >= 15 is 0 Å². The summed E-state index contributed by atoms with van der Waals surface area (Å²) in [5.74, 6) is 0. The summed E-state index contributed by atoms with van der Waals surface area (Å²) in [6, 6.07) is 13.9. The molecule has 0 bridgehead atoms. The van der Waals surface area contributed by atoms with E-state index in [9.17, 15) is 13.2 Å². The van der Waals surface area contributed by atoms with Crippen molar-refractivity contribution >= 4 is 11.1 Å². The molecule has 0 unspecified atom stereocenters. The molecular weight excluding hydrogens is 309 g/mol. The van der Waals surface area contributed by atoms with E-state index in [4.69, 9.17) is 0 Å². The second-order valence-electron chi connectivity index (χ2n) is 6.20. The van der Waals surface area contributed by atoms with E-state index in [1.807, 2.05) is 0 Å². The minimum absolute atomic E-state index is 0.602. The quantitative estimate of drug-likeness (QED) is 0.578. The number of benzene rings is 2. The lowest BCUT2D eigenvalue weighted by Crippen LogP contribution is -2.05. The third-order valence-corrected chi connectivity index (χ3v) is 4.52. The molecule has 0 spiro atoms. The van der Waals surface area contributed by atoms with E-state index in [2.05, 4.69) is 44.2 Å². The van der Waals surface area contributed by atoms with E-state index < -0.39 is 11.7 Å². The zero-order valence-electron chi connectivity index (χ0n) is 13.7. The van der Waals surface area contributed by atoms with Gasteiger partial charge in [0.1, 0.15) is 0 Å². The number of alkyl halides is 3. The maximum atomic E-state index is 12.7. The van der Waals surface area contributed by atoms with E-state index in [0.717, 1.165) is 35.1 Å². The molecule has 124 valence electrons. The van der Waals surface area contributed by atoms with Crippen molar-refractivity contribution in [3.05, 3.63) is 82.4 Å². The van der Waals surface area contributed by atoms with Gasteiger partial charge in [0.15, 0.2) is 0 Å². The first kappa shape index (κ1) is 16.6. The van der Waals surface area contributed by atoms with E-state index in [-0.39, 0.29) is 0 Å². The molecule has 0 aliphatic heterocycles. The minimum Gasteiger partial charge on any atom is -0.166 e. The molecule has 0 nitrogen and oxygen atoms in total. The number of hydrogen-bond acceptors (Lipinski definition) is 0. The summed E-state index contributed by atoms with van der Waals surface area (Å²) in [6.07, 6.45) is -0.321. The fraction of sp³-hybridized carbons (Fsp3) is 0.238. The van der Waals surface area contributed by atoms with Gasteiger partial charge in [0.2, 0.25) is 0 Å². The lowest BCUT2D eigenvalue weighted by atomic mass is 9.84. The van der Waals surface area contributed by atoms with Gasteiger partial charge in [0, 0.05) is 0 Å². The van der Waals surface area contributed by atoms with E-state index in [1.165, 1.54) is 23.3 Å². The summed E-state index contributed by atoms with van der Waals surface area (Å²) < 4.78 is 38.2. The molecule has 0 amide bonds. The Bertz CT molecular complexity index is 788. The van der Waals surface area contributed by atoms with Gasteiger partial charge in [-0.15, -0.1) is 0 Å². The molecule has 0 atom stereocenters. The van der Waals surface area contributed by atoms with Crippen molar-refractivity contribution in [2.45, 2.75) is 32.9 Å². The molecule has 0 N–H and O–H groups in total. The second-order valence-corrected chi connectivity index (χ2v) is 6.20. The van der Waals surface area contributed by atoms with Crippen LogP contribution in [0.25, 0.3) is 11.1 Å². The Morgan fingerprint density at radius 1 is 0.792 bits per heavy atom. The smallest absolute Gasteiger partial charge is 0.166 e. The van der Waals surface area contributed by atoms with Gasteiger partial charge < -0.3 is 0 Å². The molecule has 0 aromatic heterocycles. The summed E-state index contributed by atoms with van der Waals surface area (Å²) >= 11 is 0. The van der Waals surface area contributed by atoms with Crippen molar-refractivity contribution < 1.29 is 13.2 Å². The number of allylic oxidation sites excluding steroid dienone is 4. The summed E-state index contributed by atoms with van der Waals surface area (Å²) in [6.45, 7) is 4.10. The van der Waals surface area contributed by atoms with Crippen LogP contribution >= 0.6 is 0 Å². The Labute approximate surface area is 140 Å². The predicted octanol–water partition coefficient (Wildman–Crippen LogP) is 6.66. The Morgan fingerprint density at radius 2 is 1.38 bits per heavy atom. The summed E-state index contributed by atoms with van der Waals surface area (Å²) in [5, 5.41) is 0. The van der Waals surface area contributed by atoms with Crippen LogP contribution in [0.5, 0.6) is 0 Å². The molecule has 2 aromatic rings. The summed E-state index contributed by atoms with van der Waals surface area (Å²) in [5.41, 5.74) is 6.08. The summed E-state index contributed by atoms with van der Waals surface area (Å²) in [4.78, 5) is 0. The van der Waals surface area contributed by atoms with Gasteiger partial charge in [-0.3, -0.25) is 0 Å². The SMILES string of the molecule is CC1=C(c2ccc(C(F)(F)F)cc2)CCC=C1c1ccc(C)cc1. The zero-order chi connectivity index (χ0) is 17.3. The van der Waals surface area contributed by atoms with Crippen LogP contribution in [0.4, 0.5) is 13.2 Å². The van der Waals surface area contributed by atoms with Crippen LogP contribution in [0.15, 0.2) is 60.2 Å². The number of rotatable bonds is 2. The van der Waals surface area contributed by atoms with Gasteiger partial charge in [-0.2, -0.15) is 13.2 Å². The third-order valence-electron chi connectivity index (χ3n) is 4.52. The number of halogens is 3. The van der Waals surface area contributed by atoms with Crippen molar-refractivity contribution in [1.82, 2.24) is 0 Å². The summed E-state index contributed by atoms with van der Waals surface area (Å²) in [7, 11) is 0. The molecule has 0 heterocycles. The fourth-order valence-corrected chi connectivity index (χ4v) is 3.15. The first-order valence-corrected chi connectivity index (χ1v) is 8.01. The van der Waals surface area contributed by atoms with Gasteiger partial charge in [-0.25, -0.2) is 0 Å². The Kier molecular flexibility index (Phi) is 4.35. The molecule has 0 fully saturated rings. The molecular formula is C21H19F3. The topological polar surface area (TPSA) is 0 Å². The second kappa shape index (κ2) is 6.31. The highest BCUT2D eigenvalue weighted by molar-refractivity contribution is 5.90. The zero-order valence-corrected chi connectivity index (χ0v) is 13.7. The third kappa shape index (κ3) is 3.30. The van der Waals surface area contributed by atoms with Crippen molar-refractivity contribution in [2.24, 2.45) is 0 Å². The van der Waals surface area contributed by atoms with Crippen LogP contribution in [-0.4, -0.2) is 0 Å². The molecule has 1 aliphatic rings. The fourth-order valence-electron chi connectivity index (χ4n) is 3.15. The van der Waals surface area contributed by atoms with Gasteiger partial charge in [-0.1, -0.05) is 48.0 Å². The van der Waals surface area contributed by atoms with Gasteiger partial charge in [0.25, 0.3) is 0 Å². The largest absolute Gasteiger partial charge is 0.416 e. The molecule has 0 saturated carbocycles. The van der Waals surface area contributed by atoms with Crippen LogP contribution in [0, 0.1) is 6.92 Å². The predicted molar refractivity (Wildman–Crippen MR) is 92.4 cm³/mol. The van der Waals surface area contributed by atoms with Crippen LogP contribution in [-0.2, 0) is 6.18 Å². The average Bonchev–Trinajstić information content (AvgIpc) is 2.55. The molecule has 2 aromatic carbocycles. The lowest BCUT2D eigenvalue weighted by Gasteiger charge is -2.21. The molecule has 3 rings (SSSR count).